The summed E-state index contributed by atoms with van der Waals surface area (Å²) in [5.41, 5.74) is 2.01. The number of hydrogen-bond donors (Lipinski definition) is 3. The lowest BCUT2D eigenvalue weighted by Crippen LogP contribution is -2.64. The Kier molecular flexibility index (Phi) is 4.36. The molecule has 0 bridgehead atoms. The van der Waals surface area contributed by atoms with Gasteiger partial charge in [0.15, 0.2) is 0 Å². The van der Waals surface area contributed by atoms with E-state index in [2.05, 4.69) is 17.6 Å². The largest absolute Gasteiger partial charge is 0.387 e. The summed E-state index contributed by atoms with van der Waals surface area (Å²) < 4.78 is 5.87. The molecule has 2 saturated carbocycles. The molecule has 3 N–H and O–H groups in total. The number of aliphatic hydroxyl groups is 1. The Hall–Kier alpha value is -1.59. The Morgan fingerprint density at radius 3 is 2.82 bits per heavy atom. The molecule has 5 nitrogen and oxygen atoms in total. The second-order valence-electron chi connectivity index (χ2n) is 6.25. The maximum atomic E-state index is 11.3. The highest BCUT2D eigenvalue weighted by molar-refractivity contribution is 5.91. The summed E-state index contributed by atoms with van der Waals surface area (Å²) in [6, 6.07) is 8.09. The molecule has 2 unspecified atom stereocenters. The number of ether oxygens (including phenoxy) is 1. The number of hydrogen-bond acceptors (Lipinski definition) is 4. The van der Waals surface area contributed by atoms with Gasteiger partial charge < -0.3 is 20.5 Å². The van der Waals surface area contributed by atoms with Crippen LogP contribution in [-0.2, 0) is 9.53 Å². The molecular formula is C17H24N2O3. The third-order valence-electron chi connectivity index (χ3n) is 5.07. The third kappa shape index (κ3) is 2.71. The van der Waals surface area contributed by atoms with E-state index >= 15 is 0 Å². The average Bonchev–Trinajstić information content (AvgIpc) is 2.44. The summed E-state index contributed by atoms with van der Waals surface area (Å²) in [5.74, 6) is -0.396. The summed E-state index contributed by atoms with van der Waals surface area (Å²) in [6.07, 6.45) is 5.18. The average molecular weight is 304 g/mol. The van der Waals surface area contributed by atoms with Gasteiger partial charge in [0.25, 0.3) is 0 Å². The Labute approximate surface area is 131 Å². The van der Waals surface area contributed by atoms with Crippen molar-refractivity contribution in [3.05, 3.63) is 24.3 Å². The van der Waals surface area contributed by atoms with Crippen LogP contribution in [0.1, 0.15) is 32.6 Å². The Balaban J connectivity index is 1.64. The minimum Gasteiger partial charge on any atom is -0.387 e. The van der Waals surface area contributed by atoms with Crippen LogP contribution in [0, 0.1) is 5.41 Å². The molecule has 3 rings (SSSR count). The van der Waals surface area contributed by atoms with Crippen molar-refractivity contribution in [2.45, 2.75) is 44.8 Å². The molecule has 2 atom stereocenters. The molecule has 1 amide bonds. The number of nitrogens with one attached hydrogen (secondary N) is 2. The monoisotopic (exact) mass is 304 g/mol. The van der Waals surface area contributed by atoms with Crippen molar-refractivity contribution in [1.82, 2.24) is 0 Å². The number of anilines is 2. The Morgan fingerprint density at radius 1 is 1.41 bits per heavy atom. The topological polar surface area (TPSA) is 70.6 Å². The van der Waals surface area contributed by atoms with E-state index in [0.717, 1.165) is 18.7 Å². The normalized spacial score (nSPS) is 25.2. The van der Waals surface area contributed by atoms with E-state index in [1.807, 2.05) is 24.3 Å². The number of carbonyl (C=O) groups excluding carboxylic acids is 1. The molecule has 0 aliphatic heterocycles. The van der Waals surface area contributed by atoms with Crippen LogP contribution in [0.3, 0.4) is 0 Å². The van der Waals surface area contributed by atoms with Gasteiger partial charge in [-0.25, -0.2) is 0 Å². The zero-order chi connectivity index (χ0) is 15.6. The van der Waals surface area contributed by atoms with Gasteiger partial charge in [0.05, 0.1) is 6.10 Å². The van der Waals surface area contributed by atoms with Gasteiger partial charge in [0.1, 0.15) is 6.61 Å². The second-order valence-corrected chi connectivity index (χ2v) is 6.25. The molecular weight excluding hydrogens is 280 g/mol. The van der Waals surface area contributed by atoms with E-state index in [-0.39, 0.29) is 0 Å². The fourth-order valence-corrected chi connectivity index (χ4v) is 3.73. The van der Waals surface area contributed by atoms with Crippen molar-refractivity contribution in [3.8, 4) is 0 Å². The summed E-state index contributed by atoms with van der Waals surface area (Å²) in [5, 5.41) is 15.1. The molecule has 1 spiro atoms. The molecule has 5 heteroatoms. The predicted molar refractivity (Wildman–Crippen MR) is 85.9 cm³/mol. The lowest BCUT2D eigenvalue weighted by molar-refractivity contribution is -0.157. The van der Waals surface area contributed by atoms with Gasteiger partial charge in [0.2, 0.25) is 5.91 Å². The molecule has 1 aromatic rings. The van der Waals surface area contributed by atoms with E-state index in [1.54, 1.807) is 0 Å². The first-order valence-electron chi connectivity index (χ1n) is 8.07. The van der Waals surface area contributed by atoms with Crippen LogP contribution in [0.15, 0.2) is 24.3 Å². The molecule has 0 saturated heterocycles. The zero-order valence-electron chi connectivity index (χ0n) is 13.0. The van der Waals surface area contributed by atoms with E-state index in [1.165, 1.54) is 19.3 Å². The predicted octanol–water partition coefficient (Wildman–Crippen LogP) is 2.38. The fourth-order valence-electron chi connectivity index (χ4n) is 3.73. The molecule has 2 aliphatic rings. The lowest BCUT2D eigenvalue weighted by Gasteiger charge is -2.61. The van der Waals surface area contributed by atoms with Gasteiger partial charge in [-0.3, -0.25) is 4.79 Å². The van der Waals surface area contributed by atoms with Gasteiger partial charge in [0, 0.05) is 29.4 Å². The minimum atomic E-state index is -0.501. The Bertz CT molecular complexity index is 542. The molecule has 0 aromatic heterocycles. The number of benzene rings is 1. The first kappa shape index (κ1) is 15.3. The highest BCUT2D eigenvalue weighted by Crippen LogP contribution is 2.58. The first-order valence-corrected chi connectivity index (χ1v) is 8.07. The smallest absolute Gasteiger partial charge is 0.250 e. The summed E-state index contributed by atoms with van der Waals surface area (Å²) in [6.45, 7) is 2.33. The van der Waals surface area contributed by atoms with Gasteiger partial charge in [-0.05, 0) is 44.4 Å². The van der Waals surface area contributed by atoms with Crippen LogP contribution < -0.4 is 10.6 Å². The number of rotatable bonds is 6. The zero-order valence-corrected chi connectivity index (χ0v) is 13.0. The van der Waals surface area contributed by atoms with Crippen molar-refractivity contribution in [1.29, 1.82) is 0 Å². The maximum Gasteiger partial charge on any atom is 0.250 e. The number of amides is 1. The minimum absolute atomic E-state index is 0.306. The van der Waals surface area contributed by atoms with Gasteiger partial charge in [-0.2, -0.15) is 0 Å². The molecule has 0 heterocycles. The standard InChI is InChI=1S/C17H24N2O3/c1-2-22-15-10-14(17(15)7-4-8-17)18-12-5-3-6-13(9-12)19-16(21)11-20/h3,5-6,9,14-15,18,20H,2,4,7-8,10-11H2,1H3,(H,19,21). The van der Waals surface area contributed by atoms with E-state index in [9.17, 15) is 4.79 Å². The van der Waals surface area contributed by atoms with Crippen LogP contribution >= 0.6 is 0 Å². The Morgan fingerprint density at radius 2 is 2.18 bits per heavy atom. The summed E-state index contributed by atoms with van der Waals surface area (Å²) in [4.78, 5) is 11.3. The van der Waals surface area contributed by atoms with E-state index in [0.29, 0.717) is 23.2 Å². The number of carbonyl (C=O) groups is 1. The SMILES string of the molecule is CCOC1CC(Nc2cccc(NC(=O)CO)c2)C12CCC2. The summed E-state index contributed by atoms with van der Waals surface area (Å²) in [7, 11) is 0. The molecule has 2 aliphatic carbocycles. The van der Waals surface area contributed by atoms with Crippen molar-refractivity contribution >= 4 is 17.3 Å². The molecule has 0 radical (unpaired) electrons. The van der Waals surface area contributed by atoms with Crippen molar-refractivity contribution in [3.63, 3.8) is 0 Å². The lowest BCUT2D eigenvalue weighted by atomic mass is 9.51. The molecule has 22 heavy (non-hydrogen) atoms. The fraction of sp³-hybridized carbons (Fsp3) is 0.588. The second kappa shape index (κ2) is 6.26. The van der Waals surface area contributed by atoms with Crippen LogP contribution in [-0.4, -0.2) is 36.4 Å². The van der Waals surface area contributed by atoms with Crippen molar-refractivity contribution in [2.24, 2.45) is 5.41 Å². The van der Waals surface area contributed by atoms with Crippen LogP contribution in [0.4, 0.5) is 11.4 Å². The number of aliphatic hydroxyl groups excluding tert-OH is 1. The van der Waals surface area contributed by atoms with Gasteiger partial charge in [-0.15, -0.1) is 0 Å². The molecule has 120 valence electrons. The van der Waals surface area contributed by atoms with Crippen molar-refractivity contribution in [2.75, 3.05) is 23.8 Å². The first-order chi connectivity index (χ1) is 10.7. The third-order valence-corrected chi connectivity index (χ3v) is 5.07. The van der Waals surface area contributed by atoms with Gasteiger partial charge in [-0.1, -0.05) is 12.5 Å². The van der Waals surface area contributed by atoms with E-state index < -0.39 is 12.5 Å². The summed E-state index contributed by atoms with van der Waals surface area (Å²) >= 11 is 0. The quantitative estimate of drug-likeness (QED) is 0.754. The molecule has 2 fully saturated rings. The highest BCUT2D eigenvalue weighted by atomic mass is 16.5. The maximum absolute atomic E-state index is 11.3. The highest BCUT2D eigenvalue weighted by Gasteiger charge is 2.58. The van der Waals surface area contributed by atoms with Crippen molar-refractivity contribution < 1.29 is 14.6 Å². The van der Waals surface area contributed by atoms with Crippen LogP contribution in [0.25, 0.3) is 0 Å². The van der Waals surface area contributed by atoms with Crippen LogP contribution in [0.5, 0.6) is 0 Å². The van der Waals surface area contributed by atoms with Gasteiger partial charge >= 0.3 is 0 Å². The van der Waals surface area contributed by atoms with Crippen LogP contribution in [0.2, 0.25) is 0 Å². The van der Waals surface area contributed by atoms with E-state index in [4.69, 9.17) is 9.84 Å². The molecule has 1 aromatic carbocycles.